The molecule has 8 nitrogen and oxygen atoms in total. The second-order valence-electron chi connectivity index (χ2n) is 9.10. The predicted octanol–water partition coefficient (Wildman–Crippen LogP) is 6.13. The van der Waals surface area contributed by atoms with E-state index in [-0.39, 0.29) is 6.03 Å². The molecule has 0 atom stereocenters. The van der Waals surface area contributed by atoms with E-state index in [1.807, 2.05) is 46.8 Å². The number of urea groups is 1. The van der Waals surface area contributed by atoms with Crippen LogP contribution in [0.2, 0.25) is 10.0 Å². The Morgan fingerprint density at radius 3 is 2.59 bits per heavy atom. The SMILES string of the molecule is CCCc1nc(N2CCCN(C(=O)Nc3cccc(Cl)c3Cl)CC2)c2c(C)nn(-c3ccccc3)c2n1. The normalized spacial score (nSPS) is 14.2. The van der Waals surface area contributed by atoms with Gasteiger partial charge in [0.2, 0.25) is 0 Å². The lowest BCUT2D eigenvalue weighted by Crippen LogP contribution is -2.38. The van der Waals surface area contributed by atoms with E-state index in [1.54, 1.807) is 18.2 Å². The fourth-order valence-corrected chi connectivity index (χ4v) is 4.99. The summed E-state index contributed by atoms with van der Waals surface area (Å²) in [5, 5.41) is 9.43. The number of aryl methyl sites for hydroxylation is 2. The van der Waals surface area contributed by atoms with Crippen LogP contribution in [0.15, 0.2) is 48.5 Å². The maximum Gasteiger partial charge on any atom is 0.321 e. The van der Waals surface area contributed by atoms with Crippen molar-refractivity contribution in [1.82, 2.24) is 24.6 Å². The Kier molecular flexibility index (Phi) is 7.48. The zero-order valence-electron chi connectivity index (χ0n) is 20.9. The third-order valence-electron chi connectivity index (χ3n) is 6.48. The molecule has 0 bridgehead atoms. The van der Waals surface area contributed by atoms with Crippen LogP contribution < -0.4 is 10.2 Å². The van der Waals surface area contributed by atoms with E-state index in [0.29, 0.717) is 35.4 Å². The minimum Gasteiger partial charge on any atom is -0.354 e. The van der Waals surface area contributed by atoms with Gasteiger partial charge in [-0.15, -0.1) is 0 Å². The molecule has 2 amide bonds. The van der Waals surface area contributed by atoms with Gasteiger partial charge in [0.15, 0.2) is 5.65 Å². The minimum atomic E-state index is -0.196. The van der Waals surface area contributed by atoms with Crippen molar-refractivity contribution in [3.63, 3.8) is 0 Å². The van der Waals surface area contributed by atoms with Crippen molar-refractivity contribution in [1.29, 1.82) is 0 Å². The number of rotatable bonds is 5. The Bertz CT molecular complexity index is 1420. The lowest BCUT2D eigenvalue weighted by atomic mass is 10.2. The maximum atomic E-state index is 13.0. The molecule has 37 heavy (non-hydrogen) atoms. The number of nitrogens with one attached hydrogen (secondary N) is 1. The molecule has 5 rings (SSSR count). The number of amides is 2. The molecule has 2 aromatic carbocycles. The highest BCUT2D eigenvalue weighted by molar-refractivity contribution is 6.43. The number of halogens is 2. The number of nitrogens with zero attached hydrogens (tertiary/aromatic N) is 6. The smallest absolute Gasteiger partial charge is 0.321 e. The van der Waals surface area contributed by atoms with Crippen molar-refractivity contribution in [2.24, 2.45) is 0 Å². The molecule has 1 saturated heterocycles. The van der Waals surface area contributed by atoms with Crippen LogP contribution in [0.25, 0.3) is 16.7 Å². The van der Waals surface area contributed by atoms with Crippen LogP contribution in [-0.4, -0.2) is 56.9 Å². The van der Waals surface area contributed by atoms with Crippen LogP contribution in [0, 0.1) is 6.92 Å². The van der Waals surface area contributed by atoms with Crippen molar-refractivity contribution in [2.75, 3.05) is 36.4 Å². The summed E-state index contributed by atoms with van der Waals surface area (Å²) in [5.41, 5.74) is 3.16. The highest BCUT2D eigenvalue weighted by Gasteiger charge is 2.25. The molecule has 192 valence electrons. The molecular formula is C27H29Cl2N7O. The number of carbonyl (C=O) groups excluding carboxylic acids is 1. The van der Waals surface area contributed by atoms with E-state index in [9.17, 15) is 4.79 Å². The fourth-order valence-electron chi connectivity index (χ4n) is 4.65. The summed E-state index contributed by atoms with van der Waals surface area (Å²) in [5.74, 6) is 1.69. The molecule has 4 aromatic rings. The summed E-state index contributed by atoms with van der Waals surface area (Å²) in [6, 6.07) is 15.1. The van der Waals surface area contributed by atoms with Gasteiger partial charge in [-0.1, -0.05) is 54.4 Å². The Labute approximate surface area is 226 Å². The monoisotopic (exact) mass is 537 g/mol. The first-order valence-corrected chi connectivity index (χ1v) is 13.3. The zero-order chi connectivity index (χ0) is 25.9. The number of hydrogen-bond donors (Lipinski definition) is 1. The number of carbonyl (C=O) groups is 1. The van der Waals surface area contributed by atoms with E-state index in [2.05, 4.69) is 17.1 Å². The van der Waals surface area contributed by atoms with Gasteiger partial charge < -0.3 is 15.1 Å². The molecule has 0 aliphatic carbocycles. The van der Waals surface area contributed by atoms with Crippen molar-refractivity contribution >= 4 is 51.8 Å². The molecular weight excluding hydrogens is 509 g/mol. The third-order valence-corrected chi connectivity index (χ3v) is 7.30. The number of fused-ring (bicyclic) bond motifs is 1. The molecule has 0 unspecified atom stereocenters. The first kappa shape index (κ1) is 25.3. The minimum absolute atomic E-state index is 0.196. The molecule has 2 aromatic heterocycles. The lowest BCUT2D eigenvalue weighted by molar-refractivity contribution is 0.215. The Morgan fingerprint density at radius 1 is 1.00 bits per heavy atom. The second kappa shape index (κ2) is 10.9. The first-order valence-electron chi connectivity index (χ1n) is 12.5. The molecule has 1 N–H and O–H groups in total. The van der Waals surface area contributed by atoms with Gasteiger partial charge in [0.05, 0.1) is 32.5 Å². The van der Waals surface area contributed by atoms with Crippen molar-refractivity contribution in [2.45, 2.75) is 33.1 Å². The summed E-state index contributed by atoms with van der Waals surface area (Å²) in [6.07, 6.45) is 2.53. The van der Waals surface area contributed by atoms with Crippen LogP contribution in [-0.2, 0) is 6.42 Å². The molecule has 3 heterocycles. The number of anilines is 2. The average molecular weight is 538 g/mol. The molecule has 0 saturated carbocycles. The van der Waals surface area contributed by atoms with Crippen LogP contribution >= 0.6 is 23.2 Å². The van der Waals surface area contributed by atoms with Crippen LogP contribution in [0.4, 0.5) is 16.3 Å². The number of benzene rings is 2. The number of para-hydroxylation sites is 1. The van der Waals surface area contributed by atoms with Gasteiger partial charge in [-0.2, -0.15) is 5.10 Å². The highest BCUT2D eigenvalue weighted by atomic mass is 35.5. The van der Waals surface area contributed by atoms with Gasteiger partial charge in [0, 0.05) is 32.6 Å². The summed E-state index contributed by atoms with van der Waals surface area (Å²) in [7, 11) is 0. The summed E-state index contributed by atoms with van der Waals surface area (Å²) < 4.78 is 1.90. The van der Waals surface area contributed by atoms with E-state index in [4.69, 9.17) is 38.3 Å². The first-order chi connectivity index (χ1) is 18.0. The van der Waals surface area contributed by atoms with Crippen LogP contribution in [0.1, 0.15) is 31.3 Å². The van der Waals surface area contributed by atoms with Gasteiger partial charge in [-0.3, -0.25) is 0 Å². The maximum absolute atomic E-state index is 13.0. The number of aromatic nitrogens is 4. The van der Waals surface area contributed by atoms with Crippen molar-refractivity contribution in [3.8, 4) is 5.69 Å². The Balaban J connectivity index is 1.43. The van der Waals surface area contributed by atoms with Gasteiger partial charge in [-0.05, 0) is 44.0 Å². The fraction of sp³-hybridized carbons (Fsp3) is 0.333. The topological polar surface area (TPSA) is 79.2 Å². The molecule has 0 spiro atoms. The molecule has 1 fully saturated rings. The summed E-state index contributed by atoms with van der Waals surface area (Å²) in [4.78, 5) is 27.0. The van der Waals surface area contributed by atoms with E-state index in [0.717, 1.165) is 59.9 Å². The predicted molar refractivity (Wildman–Crippen MR) is 149 cm³/mol. The molecule has 1 aliphatic heterocycles. The van der Waals surface area contributed by atoms with Crippen LogP contribution in [0.5, 0.6) is 0 Å². The molecule has 0 radical (unpaired) electrons. The van der Waals surface area contributed by atoms with Crippen LogP contribution in [0.3, 0.4) is 0 Å². The third kappa shape index (κ3) is 5.22. The van der Waals surface area contributed by atoms with Crippen molar-refractivity contribution in [3.05, 3.63) is 70.1 Å². The molecule has 10 heteroatoms. The lowest BCUT2D eigenvalue weighted by Gasteiger charge is -2.24. The van der Waals surface area contributed by atoms with Gasteiger partial charge in [0.25, 0.3) is 0 Å². The van der Waals surface area contributed by atoms with Gasteiger partial charge >= 0.3 is 6.03 Å². The van der Waals surface area contributed by atoms with Gasteiger partial charge in [0.1, 0.15) is 11.6 Å². The quantitative estimate of drug-likeness (QED) is 0.331. The Morgan fingerprint density at radius 2 is 1.81 bits per heavy atom. The highest BCUT2D eigenvalue weighted by Crippen LogP contribution is 2.31. The van der Waals surface area contributed by atoms with E-state index in [1.165, 1.54) is 0 Å². The zero-order valence-corrected chi connectivity index (χ0v) is 22.4. The van der Waals surface area contributed by atoms with E-state index >= 15 is 0 Å². The molecule has 1 aliphatic rings. The largest absolute Gasteiger partial charge is 0.354 e. The Hall–Kier alpha value is -3.36. The number of hydrogen-bond acceptors (Lipinski definition) is 5. The average Bonchev–Trinajstić information content (AvgIpc) is 3.06. The van der Waals surface area contributed by atoms with Crippen molar-refractivity contribution < 1.29 is 4.79 Å². The van der Waals surface area contributed by atoms with Gasteiger partial charge in [-0.25, -0.2) is 19.4 Å². The second-order valence-corrected chi connectivity index (χ2v) is 9.89. The van der Waals surface area contributed by atoms with E-state index < -0.39 is 0 Å². The standard InChI is InChI=1S/C27H29Cl2N7O/c1-3-9-22-31-25(23-18(2)33-36(26(23)32-22)19-10-5-4-6-11-19)34-14-8-15-35(17-16-34)27(37)30-21-13-7-12-20(28)24(21)29/h4-7,10-13H,3,8-9,14-17H2,1-2H3,(H,30,37). The summed E-state index contributed by atoms with van der Waals surface area (Å²) in [6.45, 7) is 6.71. The summed E-state index contributed by atoms with van der Waals surface area (Å²) >= 11 is 12.4.